The molecule has 1 aliphatic rings. The number of nitrogens with zero attached hydrogens (tertiary/aromatic N) is 7. The molecule has 0 N–H and O–H groups in total. The normalized spacial score (nSPS) is 16.3. The molecule has 0 atom stereocenters. The molecule has 1 aromatic carbocycles. The molecule has 0 unspecified atom stereocenters. The second-order valence-electron chi connectivity index (χ2n) is 5.93. The lowest BCUT2D eigenvalue weighted by Crippen LogP contribution is -2.49. The van der Waals surface area contributed by atoms with Crippen molar-refractivity contribution in [1.82, 2.24) is 29.3 Å². The summed E-state index contributed by atoms with van der Waals surface area (Å²) < 4.78 is 41.7. The van der Waals surface area contributed by atoms with Gasteiger partial charge in [0.2, 0.25) is 10.0 Å². The van der Waals surface area contributed by atoms with E-state index in [1.807, 2.05) is 4.90 Å². The molecule has 1 saturated heterocycles. The minimum atomic E-state index is -3.73. The van der Waals surface area contributed by atoms with Crippen molar-refractivity contribution in [2.75, 3.05) is 31.1 Å². The second-order valence-corrected chi connectivity index (χ2v) is 7.87. The number of piperazine rings is 1. The molecule has 1 aliphatic heterocycles. The average molecular weight is 377 g/mol. The van der Waals surface area contributed by atoms with E-state index in [0.29, 0.717) is 30.1 Å². The third-order valence-corrected chi connectivity index (χ3v) is 6.24. The highest BCUT2D eigenvalue weighted by Crippen LogP contribution is 2.24. The van der Waals surface area contributed by atoms with Gasteiger partial charge in [0.1, 0.15) is 12.1 Å². The largest absolute Gasteiger partial charge is 0.352 e. The highest BCUT2D eigenvalue weighted by Gasteiger charge is 2.30. The molecule has 26 heavy (non-hydrogen) atoms. The maximum atomic E-state index is 13.4. The SMILES string of the molecule is Cn1nnc2c(N3CCN(S(=O)(=O)c4cccc(F)c4)CC3)ncnc21. The first-order valence-corrected chi connectivity index (χ1v) is 9.42. The fourth-order valence-electron chi connectivity index (χ4n) is 2.99. The first-order valence-electron chi connectivity index (χ1n) is 7.98. The van der Waals surface area contributed by atoms with Gasteiger partial charge in [0, 0.05) is 33.2 Å². The van der Waals surface area contributed by atoms with E-state index in [-0.39, 0.29) is 18.0 Å². The van der Waals surface area contributed by atoms with E-state index >= 15 is 0 Å². The standard InChI is InChI=1S/C15H16FN7O2S/c1-21-14-13(19-20-21)15(18-10-17-14)22-5-7-23(8-6-22)26(24,25)12-4-2-3-11(16)9-12/h2-4,9-10H,5-8H2,1H3. The molecule has 11 heteroatoms. The van der Waals surface area contributed by atoms with Crippen molar-refractivity contribution in [3.8, 4) is 0 Å². The molecule has 3 heterocycles. The zero-order valence-corrected chi connectivity index (χ0v) is 14.8. The predicted molar refractivity (Wildman–Crippen MR) is 91.5 cm³/mol. The molecule has 0 amide bonds. The van der Waals surface area contributed by atoms with Crippen LogP contribution in [0.5, 0.6) is 0 Å². The fraction of sp³-hybridized carbons (Fsp3) is 0.333. The van der Waals surface area contributed by atoms with E-state index in [1.165, 1.54) is 28.8 Å². The number of aryl methyl sites for hydroxylation is 1. The quantitative estimate of drug-likeness (QED) is 0.652. The Labute approximate surface area is 149 Å². The van der Waals surface area contributed by atoms with Gasteiger partial charge in [-0.25, -0.2) is 27.5 Å². The van der Waals surface area contributed by atoms with Gasteiger partial charge in [0.25, 0.3) is 0 Å². The molecule has 0 aliphatic carbocycles. The zero-order valence-electron chi connectivity index (χ0n) is 13.9. The summed E-state index contributed by atoms with van der Waals surface area (Å²) in [4.78, 5) is 10.4. The Morgan fingerprint density at radius 2 is 1.88 bits per heavy atom. The van der Waals surface area contributed by atoms with Crippen LogP contribution in [0.3, 0.4) is 0 Å². The number of fused-ring (bicyclic) bond motifs is 1. The van der Waals surface area contributed by atoms with Gasteiger partial charge in [0.15, 0.2) is 17.0 Å². The van der Waals surface area contributed by atoms with Crippen LogP contribution in [0.2, 0.25) is 0 Å². The topological polar surface area (TPSA) is 97.1 Å². The molecular weight excluding hydrogens is 361 g/mol. The summed E-state index contributed by atoms with van der Waals surface area (Å²) in [5.74, 6) is 0.0571. The summed E-state index contributed by atoms with van der Waals surface area (Å²) in [7, 11) is -1.98. The average Bonchev–Trinajstić information content (AvgIpc) is 3.03. The van der Waals surface area contributed by atoms with Crippen molar-refractivity contribution in [3.05, 3.63) is 36.4 Å². The van der Waals surface area contributed by atoms with Crippen LogP contribution in [-0.4, -0.2) is 63.9 Å². The Morgan fingerprint density at radius 1 is 1.12 bits per heavy atom. The number of aromatic nitrogens is 5. The third kappa shape index (κ3) is 2.78. The maximum Gasteiger partial charge on any atom is 0.243 e. The van der Waals surface area contributed by atoms with E-state index < -0.39 is 15.8 Å². The Kier molecular flexibility index (Phi) is 4.04. The van der Waals surface area contributed by atoms with Gasteiger partial charge in [-0.2, -0.15) is 4.31 Å². The predicted octanol–water partition coefficient (Wildman–Crippen LogP) is 0.408. The number of benzene rings is 1. The highest BCUT2D eigenvalue weighted by molar-refractivity contribution is 7.89. The van der Waals surface area contributed by atoms with Crippen LogP contribution in [0.4, 0.5) is 10.2 Å². The summed E-state index contributed by atoms with van der Waals surface area (Å²) in [6, 6.07) is 5.05. The van der Waals surface area contributed by atoms with Crippen molar-refractivity contribution in [2.45, 2.75) is 4.90 Å². The molecule has 0 bridgehead atoms. The van der Waals surface area contributed by atoms with Gasteiger partial charge < -0.3 is 4.90 Å². The summed E-state index contributed by atoms with van der Waals surface area (Å²) in [5.41, 5.74) is 1.20. The summed E-state index contributed by atoms with van der Waals surface area (Å²) in [6.45, 7) is 1.42. The maximum absolute atomic E-state index is 13.4. The first-order chi connectivity index (χ1) is 12.5. The van der Waals surface area contributed by atoms with Gasteiger partial charge >= 0.3 is 0 Å². The molecule has 3 aromatic rings. The molecule has 1 fully saturated rings. The Morgan fingerprint density at radius 3 is 2.62 bits per heavy atom. The van der Waals surface area contributed by atoms with Gasteiger partial charge in [-0.15, -0.1) is 5.10 Å². The highest BCUT2D eigenvalue weighted by atomic mass is 32.2. The molecule has 0 spiro atoms. The lowest BCUT2D eigenvalue weighted by Gasteiger charge is -2.34. The van der Waals surface area contributed by atoms with Crippen LogP contribution >= 0.6 is 0 Å². The van der Waals surface area contributed by atoms with Crippen LogP contribution in [0.15, 0.2) is 35.5 Å². The van der Waals surface area contributed by atoms with Gasteiger partial charge in [-0.1, -0.05) is 11.3 Å². The van der Waals surface area contributed by atoms with Crippen LogP contribution in [0.1, 0.15) is 0 Å². The molecular formula is C15H16FN7O2S. The Balaban J connectivity index is 1.55. The van der Waals surface area contributed by atoms with Crippen molar-refractivity contribution in [1.29, 1.82) is 0 Å². The minimum Gasteiger partial charge on any atom is -0.352 e. The lowest BCUT2D eigenvalue weighted by atomic mass is 10.3. The molecule has 136 valence electrons. The Bertz CT molecular complexity index is 1060. The number of anilines is 1. The molecule has 9 nitrogen and oxygen atoms in total. The van der Waals surface area contributed by atoms with Crippen molar-refractivity contribution >= 4 is 27.0 Å². The smallest absolute Gasteiger partial charge is 0.243 e. The Hall–Kier alpha value is -2.66. The third-order valence-electron chi connectivity index (χ3n) is 4.34. The van der Waals surface area contributed by atoms with Gasteiger partial charge in [-0.05, 0) is 18.2 Å². The van der Waals surface area contributed by atoms with Gasteiger partial charge in [0.05, 0.1) is 4.90 Å². The fourth-order valence-corrected chi connectivity index (χ4v) is 4.44. The molecule has 0 saturated carbocycles. The number of hydrogen-bond acceptors (Lipinski definition) is 7. The summed E-state index contributed by atoms with van der Waals surface area (Å²) in [5, 5.41) is 8.04. The molecule has 0 radical (unpaired) electrons. The summed E-state index contributed by atoms with van der Waals surface area (Å²) >= 11 is 0. The number of halogens is 1. The second kappa shape index (κ2) is 6.25. The van der Waals surface area contributed by atoms with E-state index in [0.717, 1.165) is 6.07 Å². The minimum absolute atomic E-state index is 0.0377. The zero-order chi connectivity index (χ0) is 18.3. The van der Waals surface area contributed by atoms with Crippen LogP contribution < -0.4 is 4.90 Å². The van der Waals surface area contributed by atoms with E-state index in [1.54, 1.807) is 11.7 Å². The molecule has 2 aromatic heterocycles. The lowest BCUT2D eigenvalue weighted by molar-refractivity contribution is 0.384. The van der Waals surface area contributed by atoms with E-state index in [4.69, 9.17) is 0 Å². The number of sulfonamides is 1. The van der Waals surface area contributed by atoms with Crippen LogP contribution in [0.25, 0.3) is 11.2 Å². The van der Waals surface area contributed by atoms with E-state index in [2.05, 4.69) is 20.3 Å². The van der Waals surface area contributed by atoms with Crippen molar-refractivity contribution in [3.63, 3.8) is 0 Å². The van der Waals surface area contributed by atoms with E-state index in [9.17, 15) is 12.8 Å². The monoisotopic (exact) mass is 377 g/mol. The molecule has 4 rings (SSSR count). The first kappa shape index (κ1) is 16.8. The van der Waals surface area contributed by atoms with Crippen LogP contribution in [0, 0.1) is 5.82 Å². The van der Waals surface area contributed by atoms with Crippen molar-refractivity contribution < 1.29 is 12.8 Å². The number of rotatable bonds is 3. The number of hydrogen-bond donors (Lipinski definition) is 0. The summed E-state index contributed by atoms with van der Waals surface area (Å²) in [6.07, 6.45) is 1.44. The van der Waals surface area contributed by atoms with Crippen LogP contribution in [-0.2, 0) is 17.1 Å². The van der Waals surface area contributed by atoms with Gasteiger partial charge in [-0.3, -0.25) is 0 Å². The van der Waals surface area contributed by atoms with Crippen molar-refractivity contribution in [2.24, 2.45) is 7.05 Å².